The number of nitrogens with zero attached hydrogens (tertiary/aromatic N) is 3. The maximum atomic E-state index is 11.0. The van der Waals surface area contributed by atoms with Crippen LogP contribution in [0.15, 0.2) is 36.7 Å². The molecule has 0 saturated heterocycles. The fourth-order valence-electron chi connectivity index (χ4n) is 1.70. The molecule has 0 saturated carbocycles. The van der Waals surface area contributed by atoms with Gasteiger partial charge in [0.05, 0.1) is 11.7 Å². The molecule has 0 unspecified atom stereocenters. The highest BCUT2D eigenvalue weighted by molar-refractivity contribution is 5.94. The van der Waals surface area contributed by atoms with Crippen molar-refractivity contribution in [2.75, 3.05) is 0 Å². The number of imidazole rings is 1. The van der Waals surface area contributed by atoms with Crippen LogP contribution in [0.4, 0.5) is 0 Å². The molecular weight excluding hydrogens is 204 g/mol. The third-order valence-electron chi connectivity index (χ3n) is 2.45. The molecule has 0 aromatic carbocycles. The van der Waals surface area contributed by atoms with Crippen molar-refractivity contribution in [2.24, 2.45) is 5.73 Å². The van der Waals surface area contributed by atoms with E-state index in [0.29, 0.717) is 0 Å². The van der Waals surface area contributed by atoms with Crippen LogP contribution in [-0.2, 0) is 0 Å². The van der Waals surface area contributed by atoms with Crippen LogP contribution in [0, 0.1) is 0 Å². The SMILES string of the molecule is NC(=O)c1cc2c(cn1)nc1ccccn12. The van der Waals surface area contributed by atoms with Gasteiger partial charge in [0.25, 0.3) is 5.91 Å². The zero-order valence-electron chi connectivity index (χ0n) is 8.29. The quantitative estimate of drug-likeness (QED) is 0.653. The lowest BCUT2D eigenvalue weighted by molar-refractivity contribution is 0.0996. The summed E-state index contributed by atoms with van der Waals surface area (Å²) >= 11 is 0. The summed E-state index contributed by atoms with van der Waals surface area (Å²) in [6.45, 7) is 0. The predicted octanol–water partition coefficient (Wildman–Crippen LogP) is 0.981. The second kappa shape index (κ2) is 3.03. The van der Waals surface area contributed by atoms with Gasteiger partial charge in [-0.25, -0.2) is 9.97 Å². The van der Waals surface area contributed by atoms with Crippen LogP contribution in [0.3, 0.4) is 0 Å². The Hall–Kier alpha value is -2.43. The van der Waals surface area contributed by atoms with Crippen LogP contribution in [0.25, 0.3) is 16.7 Å². The molecule has 0 fully saturated rings. The smallest absolute Gasteiger partial charge is 0.267 e. The number of primary amides is 1. The molecule has 0 bridgehead atoms. The summed E-state index contributed by atoms with van der Waals surface area (Å²) in [5.41, 5.74) is 7.83. The molecule has 16 heavy (non-hydrogen) atoms. The average molecular weight is 212 g/mol. The summed E-state index contributed by atoms with van der Waals surface area (Å²) in [7, 11) is 0. The van der Waals surface area contributed by atoms with E-state index < -0.39 is 5.91 Å². The number of aromatic nitrogens is 3. The molecule has 0 spiro atoms. The highest BCUT2D eigenvalue weighted by Gasteiger charge is 2.08. The van der Waals surface area contributed by atoms with Gasteiger partial charge in [-0.3, -0.25) is 9.20 Å². The minimum Gasteiger partial charge on any atom is -0.364 e. The van der Waals surface area contributed by atoms with Crippen molar-refractivity contribution in [1.29, 1.82) is 0 Å². The third-order valence-corrected chi connectivity index (χ3v) is 2.45. The van der Waals surface area contributed by atoms with Crippen molar-refractivity contribution < 1.29 is 4.79 Å². The minimum atomic E-state index is -0.534. The first kappa shape index (κ1) is 8.84. The molecule has 0 aliphatic rings. The maximum absolute atomic E-state index is 11.0. The van der Waals surface area contributed by atoms with Gasteiger partial charge >= 0.3 is 0 Å². The highest BCUT2D eigenvalue weighted by Crippen LogP contribution is 2.15. The Bertz CT molecular complexity index is 701. The molecule has 2 N–H and O–H groups in total. The molecule has 0 radical (unpaired) electrons. The normalized spacial score (nSPS) is 11.0. The number of nitrogens with two attached hydrogens (primary N) is 1. The van der Waals surface area contributed by atoms with Crippen LogP contribution in [0.1, 0.15) is 10.5 Å². The maximum Gasteiger partial charge on any atom is 0.267 e. The molecule has 0 atom stereocenters. The Labute approximate surface area is 90.5 Å². The molecule has 5 nitrogen and oxygen atoms in total. The molecule has 3 rings (SSSR count). The average Bonchev–Trinajstić information content (AvgIpc) is 2.66. The topological polar surface area (TPSA) is 73.3 Å². The van der Waals surface area contributed by atoms with Crippen LogP contribution in [0.5, 0.6) is 0 Å². The Balaban J connectivity index is 2.44. The Kier molecular flexibility index (Phi) is 1.67. The summed E-state index contributed by atoms with van der Waals surface area (Å²) in [6.07, 6.45) is 3.44. The van der Waals surface area contributed by atoms with Crippen molar-refractivity contribution >= 4 is 22.6 Å². The number of fused-ring (bicyclic) bond motifs is 3. The molecule has 3 aromatic rings. The highest BCUT2D eigenvalue weighted by atomic mass is 16.1. The molecule has 5 heteroatoms. The lowest BCUT2D eigenvalue weighted by Crippen LogP contribution is -2.12. The number of rotatable bonds is 1. The Morgan fingerprint density at radius 1 is 1.38 bits per heavy atom. The summed E-state index contributed by atoms with van der Waals surface area (Å²) in [5.74, 6) is -0.534. The second-order valence-corrected chi connectivity index (χ2v) is 3.46. The number of hydrogen-bond acceptors (Lipinski definition) is 3. The number of hydrogen-bond donors (Lipinski definition) is 1. The van der Waals surface area contributed by atoms with Crippen molar-refractivity contribution in [1.82, 2.24) is 14.4 Å². The fraction of sp³-hybridized carbons (Fsp3) is 0. The zero-order valence-corrected chi connectivity index (χ0v) is 8.29. The van der Waals surface area contributed by atoms with Gasteiger partial charge < -0.3 is 5.73 Å². The van der Waals surface area contributed by atoms with Gasteiger partial charge in [-0.1, -0.05) is 6.07 Å². The largest absolute Gasteiger partial charge is 0.364 e. The molecule has 0 aliphatic heterocycles. The zero-order chi connectivity index (χ0) is 11.1. The van der Waals surface area contributed by atoms with Gasteiger partial charge in [-0.2, -0.15) is 0 Å². The number of amides is 1. The molecule has 3 heterocycles. The first-order valence-electron chi connectivity index (χ1n) is 4.78. The summed E-state index contributed by atoms with van der Waals surface area (Å²) < 4.78 is 1.89. The molecular formula is C11H8N4O. The van der Waals surface area contributed by atoms with E-state index in [4.69, 9.17) is 5.73 Å². The van der Waals surface area contributed by atoms with Crippen LogP contribution < -0.4 is 5.73 Å². The summed E-state index contributed by atoms with van der Waals surface area (Å²) in [6, 6.07) is 7.35. The third kappa shape index (κ3) is 1.15. The Morgan fingerprint density at radius 3 is 3.06 bits per heavy atom. The van der Waals surface area contributed by atoms with Crippen LogP contribution in [-0.4, -0.2) is 20.3 Å². The lowest BCUT2D eigenvalue weighted by Gasteiger charge is -1.96. The van der Waals surface area contributed by atoms with E-state index in [1.165, 1.54) is 0 Å². The Morgan fingerprint density at radius 2 is 2.25 bits per heavy atom. The standard InChI is InChI=1S/C11H8N4O/c12-11(16)7-5-9-8(6-13-7)14-10-3-1-2-4-15(9)10/h1-6H,(H2,12,16). The fourth-order valence-corrected chi connectivity index (χ4v) is 1.70. The second-order valence-electron chi connectivity index (χ2n) is 3.46. The van der Waals surface area contributed by atoms with E-state index in [2.05, 4.69) is 9.97 Å². The van der Waals surface area contributed by atoms with E-state index in [-0.39, 0.29) is 5.69 Å². The molecule has 1 amide bonds. The molecule has 3 aromatic heterocycles. The van der Waals surface area contributed by atoms with Crippen LogP contribution >= 0.6 is 0 Å². The van der Waals surface area contributed by atoms with Crippen molar-refractivity contribution in [3.05, 3.63) is 42.4 Å². The number of carbonyl (C=O) groups is 1. The van der Waals surface area contributed by atoms with E-state index in [9.17, 15) is 4.79 Å². The van der Waals surface area contributed by atoms with E-state index in [0.717, 1.165) is 16.7 Å². The number of pyridine rings is 2. The monoisotopic (exact) mass is 212 g/mol. The summed E-state index contributed by atoms with van der Waals surface area (Å²) in [4.78, 5) is 19.3. The van der Waals surface area contributed by atoms with Crippen molar-refractivity contribution in [3.63, 3.8) is 0 Å². The minimum absolute atomic E-state index is 0.248. The van der Waals surface area contributed by atoms with Gasteiger partial charge in [0.2, 0.25) is 0 Å². The van der Waals surface area contributed by atoms with Gasteiger partial charge in [-0.05, 0) is 18.2 Å². The van der Waals surface area contributed by atoms with Gasteiger partial charge in [0.15, 0.2) is 0 Å². The lowest BCUT2D eigenvalue weighted by atomic mass is 10.3. The van der Waals surface area contributed by atoms with E-state index >= 15 is 0 Å². The summed E-state index contributed by atoms with van der Waals surface area (Å²) in [5, 5.41) is 0. The first-order chi connectivity index (χ1) is 7.75. The van der Waals surface area contributed by atoms with Crippen LogP contribution in [0.2, 0.25) is 0 Å². The van der Waals surface area contributed by atoms with E-state index in [1.807, 2.05) is 28.8 Å². The van der Waals surface area contributed by atoms with Crippen molar-refractivity contribution in [3.8, 4) is 0 Å². The van der Waals surface area contributed by atoms with Crippen molar-refractivity contribution in [2.45, 2.75) is 0 Å². The predicted molar refractivity (Wildman–Crippen MR) is 59.0 cm³/mol. The first-order valence-corrected chi connectivity index (χ1v) is 4.78. The molecule has 0 aliphatic carbocycles. The molecule has 78 valence electrons. The van der Waals surface area contributed by atoms with Gasteiger partial charge in [0, 0.05) is 6.20 Å². The van der Waals surface area contributed by atoms with Gasteiger partial charge in [-0.15, -0.1) is 0 Å². The number of carbonyl (C=O) groups excluding carboxylic acids is 1. The van der Waals surface area contributed by atoms with Gasteiger partial charge in [0.1, 0.15) is 16.9 Å². The van der Waals surface area contributed by atoms with E-state index in [1.54, 1.807) is 12.3 Å².